The highest BCUT2D eigenvalue weighted by Crippen LogP contribution is 2.26. The van der Waals surface area contributed by atoms with Crippen LogP contribution in [0.3, 0.4) is 0 Å². The Morgan fingerprint density at radius 2 is 1.68 bits per heavy atom. The lowest BCUT2D eigenvalue weighted by molar-refractivity contribution is 0.0715. The molecule has 0 bridgehead atoms. The Hall–Kier alpha value is -2.17. The first-order valence-electron chi connectivity index (χ1n) is 7.18. The first kappa shape index (κ1) is 14.8. The van der Waals surface area contributed by atoms with Gasteiger partial charge in [-0.2, -0.15) is 0 Å². The molecule has 0 aliphatic heterocycles. The Labute approximate surface area is 134 Å². The molecule has 2 N–H and O–H groups in total. The molecule has 1 aromatic heterocycles. The van der Waals surface area contributed by atoms with Crippen LogP contribution in [-0.4, -0.2) is 16.6 Å². The lowest BCUT2D eigenvalue weighted by Gasteiger charge is -2.24. The largest absolute Gasteiger partial charge is 0.384 e. The average molecular weight is 310 g/mol. The summed E-state index contributed by atoms with van der Waals surface area (Å²) in [6.07, 6.45) is 0. The van der Waals surface area contributed by atoms with Crippen molar-refractivity contribution >= 4 is 16.5 Å². The van der Waals surface area contributed by atoms with Crippen LogP contribution in [0.5, 0.6) is 0 Å². The Morgan fingerprint density at radius 1 is 1.05 bits per heavy atom. The van der Waals surface area contributed by atoms with Gasteiger partial charge in [-0.15, -0.1) is 11.3 Å². The third-order valence-electron chi connectivity index (χ3n) is 3.55. The van der Waals surface area contributed by atoms with E-state index in [2.05, 4.69) is 10.3 Å². The summed E-state index contributed by atoms with van der Waals surface area (Å²) in [4.78, 5) is 4.57. The van der Waals surface area contributed by atoms with E-state index in [4.69, 9.17) is 0 Å². The summed E-state index contributed by atoms with van der Waals surface area (Å²) in [5.41, 5.74) is 2.01. The minimum atomic E-state index is -0.931. The number of hydrogen-bond donors (Lipinski definition) is 2. The van der Waals surface area contributed by atoms with Crippen molar-refractivity contribution in [2.45, 2.75) is 12.5 Å². The van der Waals surface area contributed by atoms with Gasteiger partial charge in [-0.1, -0.05) is 60.7 Å². The molecular formula is C18H18N2OS. The number of nitrogens with zero attached hydrogens (tertiary/aromatic N) is 1. The van der Waals surface area contributed by atoms with Gasteiger partial charge in [-0.25, -0.2) is 4.98 Å². The second kappa shape index (κ2) is 6.30. The number of aromatic nitrogens is 1. The highest BCUT2D eigenvalue weighted by molar-refractivity contribution is 7.14. The molecule has 1 unspecified atom stereocenters. The molecule has 3 rings (SSSR count). The molecular weight excluding hydrogens is 292 g/mol. The Bertz CT molecular complexity index is 723. The van der Waals surface area contributed by atoms with Crippen LogP contribution >= 0.6 is 11.3 Å². The molecule has 0 radical (unpaired) electrons. The first-order valence-corrected chi connectivity index (χ1v) is 8.06. The number of hydrogen-bond acceptors (Lipinski definition) is 4. The molecule has 112 valence electrons. The maximum absolute atomic E-state index is 10.6. The number of rotatable bonds is 5. The quantitative estimate of drug-likeness (QED) is 0.745. The standard InChI is InChI=1S/C18H18N2OS/c1-18(21,15-10-6-3-7-11-15)13-19-17-20-16(12-22-17)14-8-4-2-5-9-14/h2-12,21H,13H2,1H3,(H,19,20). The molecule has 0 spiro atoms. The maximum atomic E-state index is 10.6. The van der Waals surface area contributed by atoms with Crippen molar-refractivity contribution in [1.29, 1.82) is 0 Å². The van der Waals surface area contributed by atoms with Crippen molar-refractivity contribution in [3.8, 4) is 11.3 Å². The van der Waals surface area contributed by atoms with Crippen LogP contribution in [0.1, 0.15) is 12.5 Å². The predicted octanol–water partition coefficient (Wildman–Crippen LogP) is 4.13. The van der Waals surface area contributed by atoms with E-state index in [0.717, 1.165) is 22.0 Å². The van der Waals surface area contributed by atoms with Gasteiger partial charge in [0.05, 0.1) is 5.69 Å². The summed E-state index contributed by atoms with van der Waals surface area (Å²) in [5, 5.41) is 16.7. The Morgan fingerprint density at radius 3 is 2.36 bits per heavy atom. The molecule has 0 aliphatic carbocycles. The zero-order valence-electron chi connectivity index (χ0n) is 12.4. The van der Waals surface area contributed by atoms with Gasteiger partial charge < -0.3 is 10.4 Å². The molecule has 0 aliphatic rings. The normalized spacial score (nSPS) is 13.5. The van der Waals surface area contributed by atoms with Gasteiger partial charge in [-0.3, -0.25) is 0 Å². The number of nitrogens with one attached hydrogen (secondary N) is 1. The van der Waals surface area contributed by atoms with Crippen molar-refractivity contribution < 1.29 is 5.11 Å². The van der Waals surface area contributed by atoms with Crippen molar-refractivity contribution in [3.63, 3.8) is 0 Å². The summed E-state index contributed by atoms with van der Waals surface area (Å²) >= 11 is 1.55. The predicted molar refractivity (Wildman–Crippen MR) is 92.1 cm³/mol. The topological polar surface area (TPSA) is 45.1 Å². The molecule has 1 heterocycles. The zero-order valence-corrected chi connectivity index (χ0v) is 13.2. The van der Waals surface area contributed by atoms with Gasteiger partial charge in [0.1, 0.15) is 5.60 Å². The van der Waals surface area contributed by atoms with E-state index in [1.807, 2.05) is 66.0 Å². The summed E-state index contributed by atoms with van der Waals surface area (Å²) in [6, 6.07) is 19.7. The molecule has 1 atom stereocenters. The van der Waals surface area contributed by atoms with E-state index >= 15 is 0 Å². The molecule has 0 saturated carbocycles. The molecule has 0 saturated heterocycles. The average Bonchev–Trinajstić information content (AvgIpc) is 3.04. The van der Waals surface area contributed by atoms with Crippen LogP contribution in [0.2, 0.25) is 0 Å². The first-order chi connectivity index (χ1) is 10.6. The molecule has 0 amide bonds. The van der Waals surface area contributed by atoms with E-state index in [1.165, 1.54) is 0 Å². The molecule has 4 heteroatoms. The monoisotopic (exact) mass is 310 g/mol. The van der Waals surface area contributed by atoms with Crippen molar-refractivity contribution in [3.05, 3.63) is 71.6 Å². The van der Waals surface area contributed by atoms with E-state index in [0.29, 0.717) is 6.54 Å². The maximum Gasteiger partial charge on any atom is 0.183 e. The van der Waals surface area contributed by atoms with E-state index in [-0.39, 0.29) is 0 Å². The van der Waals surface area contributed by atoms with Crippen LogP contribution < -0.4 is 5.32 Å². The fourth-order valence-electron chi connectivity index (χ4n) is 2.24. The second-order valence-corrected chi connectivity index (χ2v) is 6.26. The fourth-order valence-corrected chi connectivity index (χ4v) is 2.96. The SMILES string of the molecule is CC(O)(CNc1nc(-c2ccccc2)cs1)c1ccccc1. The van der Waals surface area contributed by atoms with Gasteiger partial charge in [-0.05, 0) is 12.5 Å². The minimum absolute atomic E-state index is 0.415. The number of aliphatic hydroxyl groups is 1. The molecule has 3 aromatic rings. The third-order valence-corrected chi connectivity index (χ3v) is 4.35. The van der Waals surface area contributed by atoms with Crippen LogP contribution in [0.15, 0.2) is 66.0 Å². The lowest BCUT2D eigenvalue weighted by Crippen LogP contribution is -2.30. The Kier molecular flexibility index (Phi) is 4.22. The summed E-state index contributed by atoms with van der Waals surface area (Å²) < 4.78 is 0. The smallest absolute Gasteiger partial charge is 0.183 e. The van der Waals surface area contributed by atoms with Gasteiger partial charge in [0.2, 0.25) is 0 Å². The molecule has 2 aromatic carbocycles. The number of thiazole rings is 1. The minimum Gasteiger partial charge on any atom is -0.384 e. The highest BCUT2D eigenvalue weighted by atomic mass is 32.1. The van der Waals surface area contributed by atoms with Crippen molar-refractivity contribution in [1.82, 2.24) is 4.98 Å². The molecule has 0 fully saturated rings. The van der Waals surface area contributed by atoms with Gasteiger partial charge in [0.25, 0.3) is 0 Å². The lowest BCUT2D eigenvalue weighted by atomic mass is 9.96. The number of benzene rings is 2. The van der Waals surface area contributed by atoms with Crippen LogP contribution in [0.25, 0.3) is 11.3 Å². The van der Waals surface area contributed by atoms with Gasteiger partial charge in [0, 0.05) is 17.5 Å². The summed E-state index contributed by atoms with van der Waals surface area (Å²) in [6.45, 7) is 2.22. The van der Waals surface area contributed by atoms with E-state index in [9.17, 15) is 5.11 Å². The van der Waals surface area contributed by atoms with Crippen LogP contribution in [-0.2, 0) is 5.60 Å². The third kappa shape index (κ3) is 3.35. The van der Waals surface area contributed by atoms with Crippen LogP contribution in [0, 0.1) is 0 Å². The fraction of sp³-hybridized carbons (Fsp3) is 0.167. The molecule has 22 heavy (non-hydrogen) atoms. The van der Waals surface area contributed by atoms with Crippen LogP contribution in [0.4, 0.5) is 5.13 Å². The highest BCUT2D eigenvalue weighted by Gasteiger charge is 2.22. The Balaban J connectivity index is 1.69. The van der Waals surface area contributed by atoms with Gasteiger partial charge in [0.15, 0.2) is 5.13 Å². The summed E-state index contributed by atoms with van der Waals surface area (Å²) in [5.74, 6) is 0. The van der Waals surface area contributed by atoms with Crippen molar-refractivity contribution in [2.24, 2.45) is 0 Å². The molecule has 3 nitrogen and oxygen atoms in total. The number of anilines is 1. The van der Waals surface area contributed by atoms with E-state index < -0.39 is 5.60 Å². The van der Waals surface area contributed by atoms with Crippen molar-refractivity contribution in [2.75, 3.05) is 11.9 Å². The summed E-state index contributed by atoms with van der Waals surface area (Å²) in [7, 11) is 0. The van der Waals surface area contributed by atoms with E-state index in [1.54, 1.807) is 18.3 Å². The van der Waals surface area contributed by atoms with Gasteiger partial charge >= 0.3 is 0 Å². The second-order valence-electron chi connectivity index (χ2n) is 5.40. The zero-order chi connectivity index (χ0) is 15.4.